The molecule has 5 amide bonds. The van der Waals surface area contributed by atoms with E-state index in [0.29, 0.717) is 13.0 Å². The number of esters is 1. The molecular formula is C47H81N5O8. The molecule has 1 heterocycles. The highest BCUT2D eigenvalue weighted by Gasteiger charge is 2.44. The average Bonchev–Trinajstić information content (AvgIpc) is 3.65. The molecule has 1 aliphatic rings. The largest absolute Gasteiger partial charge is 0.458 e. The van der Waals surface area contributed by atoms with Gasteiger partial charge < -0.3 is 39.5 Å². The highest BCUT2D eigenvalue weighted by Crippen LogP contribution is 2.34. The van der Waals surface area contributed by atoms with Crippen LogP contribution >= 0.6 is 0 Å². The molecule has 1 saturated heterocycles. The van der Waals surface area contributed by atoms with Crippen LogP contribution in [0.2, 0.25) is 0 Å². The minimum atomic E-state index is -0.949. The lowest BCUT2D eigenvalue weighted by Gasteiger charge is -2.41. The highest BCUT2D eigenvalue weighted by molar-refractivity contribution is 5.88. The third-order valence-corrected chi connectivity index (χ3v) is 12.9. The molecule has 2 rings (SSSR count). The molecule has 0 unspecified atom stereocenters. The van der Waals surface area contributed by atoms with Crippen LogP contribution < -0.4 is 10.6 Å². The summed E-state index contributed by atoms with van der Waals surface area (Å²) in [6.07, 6.45) is 0.992. The zero-order valence-corrected chi connectivity index (χ0v) is 40.1. The van der Waals surface area contributed by atoms with Gasteiger partial charge >= 0.3 is 12.0 Å². The lowest BCUT2D eigenvalue weighted by Crippen LogP contribution is -2.60. The fourth-order valence-electron chi connectivity index (χ4n) is 8.13. The van der Waals surface area contributed by atoms with Crippen molar-refractivity contribution >= 4 is 29.7 Å². The lowest BCUT2D eigenvalue weighted by molar-refractivity contribution is -0.171. The predicted octanol–water partition coefficient (Wildman–Crippen LogP) is 6.86. The maximum atomic E-state index is 14.4. The molecule has 2 N–H and O–H groups in total. The second kappa shape index (κ2) is 22.9. The fraction of sp³-hybridized carbons (Fsp3) is 0.766. The van der Waals surface area contributed by atoms with Gasteiger partial charge in [-0.05, 0) is 71.8 Å². The van der Waals surface area contributed by atoms with E-state index in [1.807, 2.05) is 120 Å². The molecule has 1 aromatic carbocycles. The third kappa shape index (κ3) is 13.6. The van der Waals surface area contributed by atoms with Crippen LogP contribution in [0.5, 0.6) is 0 Å². The summed E-state index contributed by atoms with van der Waals surface area (Å²) in [5, 5.41) is 5.99. The number of carbonyl (C=O) groups excluding carboxylic acids is 5. The first-order valence-electron chi connectivity index (χ1n) is 22.1. The SMILES string of the molecule is CC[C@H](C)[C@@H]([C@@H](CC(=O)N1CCC[C@H]1[C@H](OC)[C@@H](C)C(=O)N[C@@H](Cc1ccccc1)C(=O)OC(C)(C)C(C)(C)C)OC)N(C)C(=O)[C@@H](NC(=O)N(C(C)C)C(C)C)C(C)C. The van der Waals surface area contributed by atoms with Crippen LogP contribution in [0.3, 0.4) is 0 Å². The van der Waals surface area contributed by atoms with Gasteiger partial charge in [0.15, 0.2) is 0 Å². The van der Waals surface area contributed by atoms with Gasteiger partial charge in [0.25, 0.3) is 0 Å². The first-order valence-corrected chi connectivity index (χ1v) is 22.1. The fourth-order valence-corrected chi connectivity index (χ4v) is 8.13. The highest BCUT2D eigenvalue weighted by atomic mass is 16.6. The number of likely N-dealkylation sites (N-methyl/N-ethyl adjacent to an activating group) is 1. The Balaban J connectivity index is 2.35. The van der Waals surface area contributed by atoms with Gasteiger partial charge in [0.1, 0.15) is 17.7 Å². The van der Waals surface area contributed by atoms with Crippen molar-refractivity contribution in [2.24, 2.45) is 23.2 Å². The number of likely N-dealkylation sites (tertiary alicyclic amines) is 1. The number of ether oxygens (including phenoxy) is 3. The van der Waals surface area contributed by atoms with Crippen LogP contribution in [-0.4, -0.2) is 126 Å². The molecule has 0 saturated carbocycles. The second-order valence-corrected chi connectivity index (χ2v) is 19.3. The topological polar surface area (TPSA) is 147 Å². The molecule has 1 aliphatic heterocycles. The Hall–Kier alpha value is -3.71. The van der Waals surface area contributed by atoms with E-state index in [2.05, 4.69) is 10.6 Å². The van der Waals surface area contributed by atoms with Crippen molar-refractivity contribution in [3.05, 3.63) is 35.9 Å². The number of carbonyl (C=O) groups is 5. The predicted molar refractivity (Wildman–Crippen MR) is 237 cm³/mol. The normalized spacial score (nSPS) is 18.3. The van der Waals surface area contributed by atoms with Crippen LogP contribution in [-0.2, 0) is 39.8 Å². The van der Waals surface area contributed by atoms with Crippen LogP contribution in [0, 0.1) is 23.2 Å². The van der Waals surface area contributed by atoms with E-state index in [4.69, 9.17) is 14.2 Å². The summed E-state index contributed by atoms with van der Waals surface area (Å²) in [7, 11) is 4.83. The van der Waals surface area contributed by atoms with Crippen LogP contribution in [0.25, 0.3) is 0 Å². The van der Waals surface area contributed by atoms with Crippen molar-refractivity contribution in [3.63, 3.8) is 0 Å². The van der Waals surface area contributed by atoms with E-state index in [1.165, 1.54) is 0 Å². The Morgan fingerprint density at radius 1 is 0.867 bits per heavy atom. The summed E-state index contributed by atoms with van der Waals surface area (Å²) in [5.41, 5.74) is -0.281. The van der Waals surface area contributed by atoms with Gasteiger partial charge in [-0.1, -0.05) is 92.1 Å². The zero-order chi connectivity index (χ0) is 45.9. The van der Waals surface area contributed by atoms with Crippen molar-refractivity contribution in [3.8, 4) is 0 Å². The molecule has 13 heteroatoms. The smallest absolute Gasteiger partial charge is 0.329 e. The molecule has 13 nitrogen and oxygen atoms in total. The average molecular weight is 844 g/mol. The van der Waals surface area contributed by atoms with Gasteiger partial charge in [0.2, 0.25) is 17.7 Å². The van der Waals surface area contributed by atoms with Crippen molar-refractivity contribution < 1.29 is 38.2 Å². The second-order valence-electron chi connectivity index (χ2n) is 19.3. The number of nitrogens with one attached hydrogen (secondary N) is 2. The van der Waals surface area contributed by atoms with Crippen LogP contribution in [0.1, 0.15) is 128 Å². The Morgan fingerprint density at radius 2 is 1.45 bits per heavy atom. The minimum absolute atomic E-state index is 0.00162. The number of amides is 5. The summed E-state index contributed by atoms with van der Waals surface area (Å²) >= 11 is 0. The number of benzene rings is 1. The summed E-state index contributed by atoms with van der Waals surface area (Å²) < 4.78 is 18.1. The number of hydrogen-bond donors (Lipinski definition) is 2. The monoisotopic (exact) mass is 844 g/mol. The summed E-state index contributed by atoms with van der Waals surface area (Å²) in [5.74, 6) is -2.29. The number of urea groups is 1. The Morgan fingerprint density at radius 3 is 1.93 bits per heavy atom. The maximum Gasteiger partial charge on any atom is 0.329 e. The quantitative estimate of drug-likeness (QED) is 0.128. The maximum absolute atomic E-state index is 14.4. The van der Waals surface area contributed by atoms with Crippen molar-refractivity contribution in [2.75, 3.05) is 27.8 Å². The molecule has 8 atom stereocenters. The van der Waals surface area contributed by atoms with Gasteiger partial charge in [0, 0.05) is 51.7 Å². The summed E-state index contributed by atoms with van der Waals surface area (Å²) in [6.45, 7) is 27.7. The Labute approximate surface area is 362 Å². The molecule has 1 fully saturated rings. The van der Waals surface area contributed by atoms with Crippen LogP contribution in [0.4, 0.5) is 4.79 Å². The molecule has 60 heavy (non-hydrogen) atoms. The molecule has 0 aliphatic carbocycles. The van der Waals surface area contributed by atoms with E-state index in [-0.39, 0.29) is 65.9 Å². The summed E-state index contributed by atoms with van der Waals surface area (Å²) in [4.78, 5) is 75.2. The third-order valence-electron chi connectivity index (χ3n) is 12.9. The molecule has 342 valence electrons. The van der Waals surface area contributed by atoms with E-state index >= 15 is 0 Å². The van der Waals surface area contributed by atoms with E-state index in [0.717, 1.165) is 18.4 Å². The Kier molecular flexibility index (Phi) is 20.0. The molecule has 0 bridgehead atoms. The van der Waals surface area contributed by atoms with E-state index in [1.54, 1.807) is 42.9 Å². The number of nitrogens with zero attached hydrogens (tertiary/aromatic N) is 3. The van der Waals surface area contributed by atoms with Crippen molar-refractivity contribution in [1.29, 1.82) is 0 Å². The minimum Gasteiger partial charge on any atom is -0.458 e. The Bertz CT molecular complexity index is 1540. The van der Waals surface area contributed by atoms with Gasteiger partial charge in [-0.25, -0.2) is 9.59 Å². The van der Waals surface area contributed by atoms with Crippen molar-refractivity contribution in [1.82, 2.24) is 25.3 Å². The van der Waals surface area contributed by atoms with Crippen LogP contribution in [0.15, 0.2) is 30.3 Å². The first-order chi connectivity index (χ1) is 27.8. The number of hydrogen-bond acceptors (Lipinski definition) is 8. The van der Waals surface area contributed by atoms with E-state index in [9.17, 15) is 24.0 Å². The van der Waals surface area contributed by atoms with Gasteiger partial charge in [-0.3, -0.25) is 14.4 Å². The van der Waals surface area contributed by atoms with Gasteiger partial charge in [-0.2, -0.15) is 0 Å². The number of methoxy groups -OCH3 is 2. The molecule has 0 spiro atoms. The first kappa shape index (κ1) is 52.4. The van der Waals surface area contributed by atoms with E-state index < -0.39 is 53.9 Å². The van der Waals surface area contributed by atoms with Gasteiger partial charge in [-0.15, -0.1) is 0 Å². The number of rotatable bonds is 21. The van der Waals surface area contributed by atoms with Crippen molar-refractivity contribution in [2.45, 2.75) is 183 Å². The molecule has 0 aromatic heterocycles. The molecular weight excluding hydrogens is 763 g/mol. The standard InChI is InChI=1S/C47H81N5O8/c1-18-32(8)40(50(15)43(55)39(29(2)3)49-45(57)52(30(4)5)31(6)7)37(58-16)28-38(53)51-26-22-25-36(51)41(59-17)33(9)42(54)48-35(27-34-23-20-19-21-24-34)44(56)60-47(13,14)46(10,11)12/h19-21,23-24,29-33,35-37,39-41H,18,22,25-28H2,1-17H3,(H,48,54)(H,49,57)/t32-,33+,35-,36-,37+,39-,40-,41+/m0/s1. The van der Waals surface area contributed by atoms with Gasteiger partial charge in [0.05, 0.1) is 36.6 Å². The lowest BCUT2D eigenvalue weighted by atomic mass is 9.79. The summed E-state index contributed by atoms with van der Waals surface area (Å²) in [6, 6.07) is 6.45. The zero-order valence-electron chi connectivity index (χ0n) is 40.1. The molecule has 1 aromatic rings. The molecule has 0 radical (unpaired) electrons.